The number of aryl methyl sites for hydroxylation is 2. The van der Waals surface area contributed by atoms with Crippen molar-refractivity contribution in [2.45, 2.75) is 6.92 Å². The molecular formula is C4H7NO. The molecular weight excluding hydrogens is 78.0 g/mol. The number of rotatable bonds is 0. The van der Waals surface area contributed by atoms with E-state index >= 15 is 0 Å². The van der Waals surface area contributed by atoms with Crippen LogP contribution in [-0.2, 0) is 7.05 Å². The van der Waals surface area contributed by atoms with Gasteiger partial charge in [-0.3, -0.25) is 0 Å². The fourth-order valence-electron chi connectivity index (χ4n) is 0.264. The zero-order chi connectivity index (χ0) is 4.57. The summed E-state index contributed by atoms with van der Waals surface area (Å²) in [5.74, 6) is 0. The van der Waals surface area contributed by atoms with Crippen molar-refractivity contribution < 1.29 is 4.52 Å². The first-order valence-corrected chi connectivity index (χ1v) is 1.88. The highest BCUT2D eigenvalue weighted by Crippen LogP contribution is 1.95. The van der Waals surface area contributed by atoms with E-state index in [4.69, 9.17) is 4.52 Å². The highest BCUT2D eigenvalue weighted by molar-refractivity contribution is 4.85. The Kier molecular flexibility index (Phi) is 0.528. The van der Waals surface area contributed by atoms with Gasteiger partial charge in [-0.2, -0.15) is 0 Å². The first-order chi connectivity index (χ1) is 2.80. The van der Waals surface area contributed by atoms with E-state index in [1.54, 1.807) is 11.0 Å². The van der Waals surface area contributed by atoms with Crippen LogP contribution in [0.3, 0.4) is 0 Å². The molecule has 1 rings (SSSR count). The van der Waals surface area contributed by atoms with Crippen molar-refractivity contribution in [3.05, 3.63) is 12.0 Å². The van der Waals surface area contributed by atoms with E-state index in [1.807, 2.05) is 14.0 Å². The lowest BCUT2D eigenvalue weighted by Gasteiger charge is -2.02. The summed E-state index contributed by atoms with van der Waals surface area (Å²) in [6, 6.07) is 0. The van der Waals surface area contributed by atoms with Gasteiger partial charge in [0.05, 0.1) is 5.69 Å². The van der Waals surface area contributed by atoms with Gasteiger partial charge in [0.1, 0.15) is 6.26 Å². The van der Waals surface area contributed by atoms with Gasteiger partial charge in [-0.1, -0.05) is 0 Å². The molecule has 0 saturated heterocycles. The quantitative estimate of drug-likeness (QED) is 0.458. The summed E-state index contributed by atoms with van der Waals surface area (Å²) in [4.78, 5) is 0. The monoisotopic (exact) mass is 85.1 g/mol. The van der Waals surface area contributed by atoms with Crippen molar-refractivity contribution in [1.82, 2.24) is 4.74 Å². The molecule has 1 aromatic heterocycles. The molecule has 1 heterocycles. The van der Waals surface area contributed by atoms with Gasteiger partial charge in [-0.05, 0) is 6.92 Å². The third-order valence-corrected chi connectivity index (χ3v) is 0.878. The standard InChI is InChI=1S/C4H7NO/c1-4-3-6-5(4)2/h3H,1-2H3. The fourth-order valence-corrected chi connectivity index (χ4v) is 0.264. The van der Waals surface area contributed by atoms with Gasteiger partial charge in [-0.15, -0.1) is 0 Å². The van der Waals surface area contributed by atoms with E-state index in [9.17, 15) is 0 Å². The minimum atomic E-state index is 1.18. The maximum absolute atomic E-state index is 4.71. The lowest BCUT2D eigenvalue weighted by Crippen LogP contribution is -1.97. The molecule has 0 amide bonds. The summed E-state index contributed by atoms with van der Waals surface area (Å²) < 4.78 is 6.42. The Hall–Kier alpha value is -0.660. The molecule has 0 aliphatic carbocycles. The lowest BCUT2D eigenvalue weighted by molar-refractivity contribution is 0.231. The summed E-state index contributed by atoms with van der Waals surface area (Å²) in [6.07, 6.45) is 1.71. The molecule has 0 aliphatic heterocycles. The second-order valence-electron chi connectivity index (χ2n) is 1.36. The van der Waals surface area contributed by atoms with Crippen LogP contribution in [0.5, 0.6) is 0 Å². The molecule has 1 aromatic rings. The van der Waals surface area contributed by atoms with Gasteiger partial charge in [0.2, 0.25) is 0 Å². The summed E-state index contributed by atoms with van der Waals surface area (Å²) >= 11 is 0. The Morgan fingerprint density at radius 1 is 1.83 bits per heavy atom. The highest BCUT2D eigenvalue weighted by atomic mass is 16.5. The lowest BCUT2D eigenvalue weighted by atomic mass is 10.5. The molecule has 34 valence electrons. The molecule has 2 heteroatoms. The SMILES string of the molecule is Cc1con1C. The molecule has 0 spiro atoms. The van der Waals surface area contributed by atoms with Crippen LogP contribution in [0.25, 0.3) is 0 Å². The maximum Gasteiger partial charge on any atom is 0.141 e. The van der Waals surface area contributed by atoms with Gasteiger partial charge in [0.15, 0.2) is 0 Å². The van der Waals surface area contributed by atoms with Gasteiger partial charge in [0.25, 0.3) is 0 Å². The van der Waals surface area contributed by atoms with E-state index in [0.717, 1.165) is 0 Å². The summed E-state index contributed by atoms with van der Waals surface area (Å²) in [7, 11) is 1.87. The van der Waals surface area contributed by atoms with E-state index in [0.29, 0.717) is 0 Å². The molecule has 0 saturated carbocycles. The van der Waals surface area contributed by atoms with Crippen molar-refractivity contribution in [3.63, 3.8) is 0 Å². The Morgan fingerprint density at radius 2 is 2.33 bits per heavy atom. The number of hydrogen-bond donors (Lipinski definition) is 0. The molecule has 0 bridgehead atoms. The van der Waals surface area contributed by atoms with Crippen LogP contribution in [0.1, 0.15) is 5.69 Å². The van der Waals surface area contributed by atoms with E-state index < -0.39 is 0 Å². The van der Waals surface area contributed by atoms with Gasteiger partial charge in [0, 0.05) is 7.05 Å². The van der Waals surface area contributed by atoms with Crippen LogP contribution in [0, 0.1) is 6.92 Å². The predicted molar refractivity (Wildman–Crippen MR) is 22.4 cm³/mol. The summed E-state index contributed by atoms with van der Waals surface area (Å²) in [6.45, 7) is 1.99. The molecule has 0 aliphatic rings. The molecule has 0 N–H and O–H groups in total. The first kappa shape index (κ1) is 3.53. The molecule has 2 nitrogen and oxygen atoms in total. The Balaban J connectivity index is 2.87. The Bertz CT molecular complexity index is 113. The first-order valence-electron chi connectivity index (χ1n) is 1.88. The van der Waals surface area contributed by atoms with Crippen molar-refractivity contribution >= 4 is 0 Å². The highest BCUT2D eigenvalue weighted by Gasteiger charge is 1.88. The smallest absolute Gasteiger partial charge is 0.141 e. The van der Waals surface area contributed by atoms with Crippen molar-refractivity contribution in [2.24, 2.45) is 7.05 Å². The summed E-state index contributed by atoms with van der Waals surface area (Å²) in [5.41, 5.74) is 1.18. The molecule has 0 radical (unpaired) electrons. The largest absolute Gasteiger partial charge is 0.386 e. The third kappa shape index (κ3) is 0.263. The molecule has 0 aromatic carbocycles. The average molecular weight is 85.1 g/mol. The Labute approximate surface area is 36.3 Å². The van der Waals surface area contributed by atoms with Crippen LogP contribution in [0.4, 0.5) is 0 Å². The van der Waals surface area contributed by atoms with Crippen molar-refractivity contribution in [2.75, 3.05) is 0 Å². The second-order valence-corrected chi connectivity index (χ2v) is 1.36. The van der Waals surface area contributed by atoms with Crippen LogP contribution < -0.4 is 0 Å². The molecule has 6 heavy (non-hydrogen) atoms. The van der Waals surface area contributed by atoms with Gasteiger partial charge in [-0.25, -0.2) is 4.74 Å². The van der Waals surface area contributed by atoms with Crippen molar-refractivity contribution in [3.8, 4) is 0 Å². The second kappa shape index (κ2) is 0.899. The van der Waals surface area contributed by atoms with Crippen LogP contribution in [0.15, 0.2) is 10.8 Å². The molecule has 0 unspecified atom stereocenters. The van der Waals surface area contributed by atoms with E-state index in [-0.39, 0.29) is 0 Å². The minimum Gasteiger partial charge on any atom is -0.386 e. The zero-order valence-corrected chi connectivity index (χ0v) is 3.93. The topological polar surface area (TPSA) is 18.1 Å². The van der Waals surface area contributed by atoms with Crippen LogP contribution >= 0.6 is 0 Å². The predicted octanol–water partition coefficient (Wildman–Crippen LogP) is 0.927. The maximum atomic E-state index is 4.71. The average Bonchev–Trinajstić information content (AvgIpc) is 1.61. The Morgan fingerprint density at radius 3 is 2.33 bits per heavy atom. The van der Waals surface area contributed by atoms with Gasteiger partial charge >= 0.3 is 0 Å². The normalized spacial score (nSPS) is 9.67. The van der Waals surface area contributed by atoms with Gasteiger partial charge < -0.3 is 4.52 Å². The number of aromatic nitrogens is 1. The van der Waals surface area contributed by atoms with E-state index in [2.05, 4.69) is 0 Å². The fraction of sp³-hybridized carbons (Fsp3) is 0.500. The van der Waals surface area contributed by atoms with Crippen molar-refractivity contribution in [1.29, 1.82) is 0 Å². The minimum absolute atomic E-state index is 1.18. The summed E-state index contributed by atoms with van der Waals surface area (Å²) in [5, 5.41) is 0. The number of hydrogen-bond acceptors (Lipinski definition) is 1. The molecule has 0 fully saturated rings. The van der Waals surface area contributed by atoms with E-state index in [1.165, 1.54) is 5.69 Å². The molecule has 0 atom stereocenters. The van der Waals surface area contributed by atoms with Crippen LogP contribution in [-0.4, -0.2) is 4.74 Å². The third-order valence-electron chi connectivity index (χ3n) is 0.878. The number of nitrogens with zero attached hydrogens (tertiary/aromatic N) is 1. The zero-order valence-electron chi connectivity index (χ0n) is 3.93. The van der Waals surface area contributed by atoms with Crippen LogP contribution in [0.2, 0.25) is 0 Å².